The second-order valence-electron chi connectivity index (χ2n) is 3.85. The predicted octanol–water partition coefficient (Wildman–Crippen LogP) is 0.950. The lowest BCUT2D eigenvalue weighted by atomic mass is 10.2. The van der Waals surface area contributed by atoms with Crippen molar-refractivity contribution in [3.8, 4) is 0 Å². The van der Waals surface area contributed by atoms with Gasteiger partial charge in [-0.25, -0.2) is 0 Å². The van der Waals surface area contributed by atoms with Gasteiger partial charge >= 0.3 is 5.97 Å². The van der Waals surface area contributed by atoms with E-state index in [1.54, 1.807) is 38.1 Å². The molecule has 0 heterocycles. The lowest BCUT2D eigenvalue weighted by Gasteiger charge is -2.09. The molecule has 3 N–H and O–H groups in total. The Bertz CT molecular complexity index is 416. The number of rotatable bonds is 4. The van der Waals surface area contributed by atoms with Crippen LogP contribution in [-0.2, 0) is 9.53 Å². The molecule has 5 nitrogen and oxygen atoms in total. The molecule has 0 saturated carbocycles. The molecule has 92 valence electrons. The fourth-order valence-electron chi connectivity index (χ4n) is 1.24. The largest absolute Gasteiger partial charge is 0.462 e. The monoisotopic (exact) mass is 236 g/mol. The summed E-state index contributed by atoms with van der Waals surface area (Å²) in [5.74, 6) is -0.810. The normalized spacial score (nSPS) is 10.1. The summed E-state index contributed by atoms with van der Waals surface area (Å²) in [6.45, 7) is 3.35. The van der Waals surface area contributed by atoms with Crippen LogP contribution in [0.1, 0.15) is 24.2 Å². The van der Waals surface area contributed by atoms with Crippen molar-refractivity contribution >= 4 is 17.6 Å². The fraction of sp³-hybridized carbons (Fsp3) is 0.333. The summed E-state index contributed by atoms with van der Waals surface area (Å²) in [5.41, 5.74) is 6.47. The van der Waals surface area contributed by atoms with Gasteiger partial charge in [-0.3, -0.25) is 9.59 Å². The highest BCUT2D eigenvalue weighted by molar-refractivity contribution is 5.96. The van der Waals surface area contributed by atoms with Crippen molar-refractivity contribution in [1.29, 1.82) is 0 Å². The van der Waals surface area contributed by atoms with Crippen LogP contribution in [0.15, 0.2) is 24.3 Å². The van der Waals surface area contributed by atoms with Gasteiger partial charge in [-0.15, -0.1) is 0 Å². The second-order valence-corrected chi connectivity index (χ2v) is 3.85. The first-order chi connectivity index (χ1) is 7.99. The Morgan fingerprint density at radius 2 is 2.12 bits per heavy atom. The van der Waals surface area contributed by atoms with E-state index >= 15 is 0 Å². The topological polar surface area (TPSA) is 81.4 Å². The Hall–Kier alpha value is -2.04. The molecule has 0 unspecified atom stereocenters. The number of amides is 1. The fourth-order valence-corrected chi connectivity index (χ4v) is 1.24. The van der Waals surface area contributed by atoms with Gasteiger partial charge in [-0.2, -0.15) is 0 Å². The van der Waals surface area contributed by atoms with Crippen molar-refractivity contribution in [2.24, 2.45) is 0 Å². The zero-order valence-electron chi connectivity index (χ0n) is 9.90. The molecule has 0 aromatic heterocycles. The van der Waals surface area contributed by atoms with Gasteiger partial charge in [0.05, 0.1) is 6.10 Å². The third-order valence-corrected chi connectivity index (χ3v) is 1.91. The van der Waals surface area contributed by atoms with Gasteiger partial charge in [-0.05, 0) is 32.0 Å². The molecule has 5 heteroatoms. The maximum atomic E-state index is 11.6. The molecule has 0 aliphatic carbocycles. The summed E-state index contributed by atoms with van der Waals surface area (Å²) < 4.78 is 4.88. The van der Waals surface area contributed by atoms with Crippen LogP contribution in [-0.4, -0.2) is 24.5 Å². The first kappa shape index (κ1) is 13.0. The average Bonchev–Trinajstić information content (AvgIpc) is 2.25. The number of ether oxygens (including phenoxy) is 1. The lowest BCUT2D eigenvalue weighted by Crippen LogP contribution is -2.31. The van der Waals surface area contributed by atoms with Crippen molar-refractivity contribution in [2.75, 3.05) is 12.3 Å². The van der Waals surface area contributed by atoms with Crippen LogP contribution in [0.3, 0.4) is 0 Å². The summed E-state index contributed by atoms with van der Waals surface area (Å²) in [6.07, 6.45) is -0.188. The maximum absolute atomic E-state index is 11.6. The van der Waals surface area contributed by atoms with E-state index in [9.17, 15) is 9.59 Å². The van der Waals surface area contributed by atoms with Gasteiger partial charge in [0.2, 0.25) is 0 Å². The molecule has 0 atom stereocenters. The maximum Gasteiger partial charge on any atom is 0.325 e. The molecular weight excluding hydrogens is 220 g/mol. The van der Waals surface area contributed by atoms with E-state index in [4.69, 9.17) is 10.5 Å². The molecule has 1 aromatic carbocycles. The van der Waals surface area contributed by atoms with Crippen LogP contribution in [0.4, 0.5) is 5.69 Å². The van der Waals surface area contributed by atoms with E-state index in [0.717, 1.165) is 0 Å². The van der Waals surface area contributed by atoms with Crippen molar-refractivity contribution in [3.05, 3.63) is 29.8 Å². The second kappa shape index (κ2) is 5.89. The number of hydrogen-bond donors (Lipinski definition) is 2. The third kappa shape index (κ3) is 4.55. The van der Waals surface area contributed by atoms with E-state index in [0.29, 0.717) is 11.3 Å². The summed E-state index contributed by atoms with van der Waals surface area (Å²) >= 11 is 0. The number of nitrogen functional groups attached to an aromatic ring is 1. The number of carbonyl (C=O) groups is 2. The molecule has 0 radical (unpaired) electrons. The Morgan fingerprint density at radius 1 is 1.41 bits per heavy atom. The van der Waals surface area contributed by atoms with Gasteiger partial charge in [0.15, 0.2) is 0 Å². The minimum absolute atomic E-state index is 0.147. The lowest BCUT2D eigenvalue weighted by molar-refractivity contribution is -0.146. The Morgan fingerprint density at radius 3 is 2.71 bits per heavy atom. The minimum atomic E-state index is -0.461. The smallest absolute Gasteiger partial charge is 0.325 e. The van der Waals surface area contributed by atoms with E-state index in [1.165, 1.54) is 0 Å². The Balaban J connectivity index is 2.48. The predicted molar refractivity (Wildman–Crippen MR) is 64.4 cm³/mol. The number of nitrogens with one attached hydrogen (secondary N) is 1. The van der Waals surface area contributed by atoms with E-state index in [2.05, 4.69) is 5.32 Å². The average molecular weight is 236 g/mol. The molecule has 0 bridgehead atoms. The quantitative estimate of drug-likeness (QED) is 0.602. The number of nitrogens with two attached hydrogens (primary N) is 1. The van der Waals surface area contributed by atoms with Gasteiger partial charge in [0.1, 0.15) is 6.54 Å². The van der Waals surface area contributed by atoms with Crippen molar-refractivity contribution in [3.63, 3.8) is 0 Å². The van der Waals surface area contributed by atoms with Gasteiger partial charge in [0, 0.05) is 11.3 Å². The highest BCUT2D eigenvalue weighted by atomic mass is 16.5. The molecular formula is C12H16N2O3. The standard InChI is InChI=1S/C12H16N2O3/c1-8(2)17-11(15)7-14-12(16)9-4-3-5-10(13)6-9/h3-6,8H,7,13H2,1-2H3,(H,14,16). The number of carbonyl (C=O) groups excluding carboxylic acids is 2. The molecule has 17 heavy (non-hydrogen) atoms. The van der Waals surface area contributed by atoms with Gasteiger partial charge < -0.3 is 15.8 Å². The summed E-state index contributed by atoms with van der Waals surface area (Å²) in [4.78, 5) is 22.8. The number of anilines is 1. The van der Waals surface area contributed by atoms with Crippen LogP contribution < -0.4 is 11.1 Å². The Labute approximate surface area is 99.9 Å². The number of hydrogen-bond acceptors (Lipinski definition) is 4. The van der Waals surface area contributed by atoms with Crippen LogP contribution in [0.2, 0.25) is 0 Å². The minimum Gasteiger partial charge on any atom is -0.462 e. The summed E-state index contributed by atoms with van der Waals surface area (Å²) in [6, 6.07) is 6.53. The van der Waals surface area contributed by atoms with Gasteiger partial charge in [0.25, 0.3) is 5.91 Å². The molecule has 1 amide bonds. The zero-order valence-corrected chi connectivity index (χ0v) is 9.90. The summed E-state index contributed by atoms with van der Waals surface area (Å²) in [7, 11) is 0. The van der Waals surface area contributed by atoms with Crippen LogP contribution >= 0.6 is 0 Å². The molecule has 0 spiro atoms. The van der Waals surface area contributed by atoms with E-state index in [-0.39, 0.29) is 18.6 Å². The van der Waals surface area contributed by atoms with Crippen molar-refractivity contribution < 1.29 is 14.3 Å². The first-order valence-corrected chi connectivity index (χ1v) is 5.32. The molecule has 1 rings (SSSR count). The summed E-state index contributed by atoms with van der Waals surface area (Å²) in [5, 5.41) is 2.46. The Kier molecular flexibility index (Phi) is 4.51. The van der Waals surface area contributed by atoms with Crippen LogP contribution in [0.5, 0.6) is 0 Å². The number of benzene rings is 1. The highest BCUT2D eigenvalue weighted by Crippen LogP contribution is 2.05. The SMILES string of the molecule is CC(C)OC(=O)CNC(=O)c1cccc(N)c1. The third-order valence-electron chi connectivity index (χ3n) is 1.91. The molecule has 0 saturated heterocycles. The number of esters is 1. The van der Waals surface area contributed by atoms with Crippen LogP contribution in [0, 0.1) is 0 Å². The van der Waals surface area contributed by atoms with Crippen molar-refractivity contribution in [2.45, 2.75) is 20.0 Å². The first-order valence-electron chi connectivity index (χ1n) is 5.32. The molecule has 0 aliphatic heterocycles. The van der Waals surface area contributed by atoms with E-state index in [1.807, 2.05) is 0 Å². The zero-order chi connectivity index (χ0) is 12.8. The van der Waals surface area contributed by atoms with Gasteiger partial charge in [-0.1, -0.05) is 6.07 Å². The van der Waals surface area contributed by atoms with Crippen LogP contribution in [0.25, 0.3) is 0 Å². The molecule has 1 aromatic rings. The molecule has 0 fully saturated rings. The van der Waals surface area contributed by atoms with E-state index < -0.39 is 5.97 Å². The molecule has 0 aliphatic rings. The van der Waals surface area contributed by atoms with Crippen molar-refractivity contribution in [1.82, 2.24) is 5.32 Å². The highest BCUT2D eigenvalue weighted by Gasteiger charge is 2.09.